The first-order chi connectivity index (χ1) is 13.1. The van der Waals surface area contributed by atoms with Crippen LogP contribution in [-0.2, 0) is 9.53 Å². The maximum Gasteiger partial charge on any atom is 0.338 e. The zero-order valence-corrected chi connectivity index (χ0v) is 15.4. The number of nitrogens with one attached hydrogen (secondary N) is 1. The second kappa shape index (κ2) is 6.76. The number of para-hydroxylation sites is 2. The third-order valence-corrected chi connectivity index (χ3v) is 4.78. The molecule has 1 aliphatic heterocycles. The molecule has 5 heteroatoms. The standard InChI is InChI=1S/C22H21N3O2/c1-4-13-27-21(26)19-15(3)23-22-24-17-7-5-6-8-18(17)25(22)20(19)16-11-9-14(2)10-12-16/h4-12,20H,1,13H2,2-3H3,(H,23,24)/t20-/m0/s1. The first kappa shape index (κ1) is 17.1. The van der Waals surface area contributed by atoms with E-state index < -0.39 is 0 Å². The van der Waals surface area contributed by atoms with Gasteiger partial charge in [-0.3, -0.25) is 4.57 Å². The largest absolute Gasteiger partial charge is 0.458 e. The van der Waals surface area contributed by atoms with Crippen LogP contribution in [0.5, 0.6) is 0 Å². The molecular weight excluding hydrogens is 338 g/mol. The van der Waals surface area contributed by atoms with Gasteiger partial charge in [-0.2, -0.15) is 0 Å². The summed E-state index contributed by atoms with van der Waals surface area (Å²) in [5.74, 6) is 0.369. The predicted molar refractivity (Wildman–Crippen MR) is 107 cm³/mol. The van der Waals surface area contributed by atoms with Crippen molar-refractivity contribution >= 4 is 23.0 Å². The average Bonchev–Trinajstić information content (AvgIpc) is 3.03. The Morgan fingerprint density at radius 3 is 2.70 bits per heavy atom. The second-order valence-electron chi connectivity index (χ2n) is 6.66. The van der Waals surface area contributed by atoms with Crippen molar-refractivity contribution in [1.29, 1.82) is 0 Å². The van der Waals surface area contributed by atoms with Gasteiger partial charge in [-0.05, 0) is 31.5 Å². The molecule has 1 N–H and O–H groups in total. The fourth-order valence-electron chi connectivity index (χ4n) is 3.50. The van der Waals surface area contributed by atoms with Crippen molar-refractivity contribution in [3.63, 3.8) is 0 Å². The molecule has 2 heterocycles. The van der Waals surface area contributed by atoms with E-state index >= 15 is 0 Å². The van der Waals surface area contributed by atoms with Crippen molar-refractivity contribution in [1.82, 2.24) is 9.55 Å². The molecule has 0 unspecified atom stereocenters. The van der Waals surface area contributed by atoms with Gasteiger partial charge in [0, 0.05) is 5.70 Å². The van der Waals surface area contributed by atoms with Gasteiger partial charge in [0.05, 0.1) is 22.6 Å². The average molecular weight is 359 g/mol. The van der Waals surface area contributed by atoms with Crippen LogP contribution < -0.4 is 5.32 Å². The first-order valence-electron chi connectivity index (χ1n) is 8.89. The van der Waals surface area contributed by atoms with Gasteiger partial charge in [-0.25, -0.2) is 9.78 Å². The number of imidazole rings is 1. The lowest BCUT2D eigenvalue weighted by Crippen LogP contribution is -2.29. The van der Waals surface area contributed by atoms with Gasteiger partial charge < -0.3 is 10.1 Å². The Kier molecular flexibility index (Phi) is 4.28. The Morgan fingerprint density at radius 2 is 1.96 bits per heavy atom. The zero-order chi connectivity index (χ0) is 19.0. The smallest absolute Gasteiger partial charge is 0.338 e. The molecule has 1 atom stereocenters. The van der Waals surface area contributed by atoms with E-state index in [9.17, 15) is 4.79 Å². The van der Waals surface area contributed by atoms with E-state index in [1.165, 1.54) is 5.56 Å². The minimum atomic E-state index is -0.353. The highest BCUT2D eigenvalue weighted by Crippen LogP contribution is 2.39. The zero-order valence-electron chi connectivity index (χ0n) is 15.4. The third kappa shape index (κ3) is 2.91. The molecule has 136 valence electrons. The van der Waals surface area contributed by atoms with Crippen LogP contribution in [0.3, 0.4) is 0 Å². The number of fused-ring (bicyclic) bond motifs is 3. The Hall–Kier alpha value is -3.34. The molecule has 4 rings (SSSR count). The first-order valence-corrected chi connectivity index (χ1v) is 8.89. The van der Waals surface area contributed by atoms with Crippen molar-refractivity contribution in [3.05, 3.63) is 83.6 Å². The molecule has 27 heavy (non-hydrogen) atoms. The summed E-state index contributed by atoms with van der Waals surface area (Å²) >= 11 is 0. The van der Waals surface area contributed by atoms with Crippen LogP contribution in [0.15, 0.2) is 72.5 Å². The highest BCUT2D eigenvalue weighted by atomic mass is 16.5. The Balaban J connectivity index is 1.93. The van der Waals surface area contributed by atoms with Crippen LogP contribution in [-0.4, -0.2) is 22.1 Å². The Labute approximate surface area is 158 Å². The molecule has 0 saturated carbocycles. The van der Waals surface area contributed by atoms with Gasteiger partial charge in [-0.1, -0.05) is 54.6 Å². The van der Waals surface area contributed by atoms with Gasteiger partial charge in [0.2, 0.25) is 5.95 Å². The summed E-state index contributed by atoms with van der Waals surface area (Å²) in [6.45, 7) is 7.73. The third-order valence-electron chi connectivity index (χ3n) is 4.78. The summed E-state index contributed by atoms with van der Waals surface area (Å²) in [6.07, 6.45) is 1.57. The van der Waals surface area contributed by atoms with Crippen molar-refractivity contribution < 1.29 is 9.53 Å². The second-order valence-corrected chi connectivity index (χ2v) is 6.66. The number of allylic oxidation sites excluding steroid dienone is 1. The monoisotopic (exact) mass is 359 g/mol. The minimum absolute atomic E-state index is 0.174. The Bertz CT molecular complexity index is 1060. The molecular formula is C22H21N3O2. The predicted octanol–water partition coefficient (Wildman–Crippen LogP) is 4.36. The molecule has 0 radical (unpaired) electrons. The molecule has 0 amide bonds. The maximum absolute atomic E-state index is 12.9. The van der Waals surface area contributed by atoms with Crippen molar-refractivity contribution in [2.75, 3.05) is 11.9 Å². The van der Waals surface area contributed by atoms with Gasteiger partial charge in [0.25, 0.3) is 0 Å². The fourth-order valence-corrected chi connectivity index (χ4v) is 3.50. The normalized spacial score (nSPS) is 16.0. The summed E-state index contributed by atoms with van der Waals surface area (Å²) in [5.41, 5.74) is 5.35. The van der Waals surface area contributed by atoms with Gasteiger partial charge in [-0.15, -0.1) is 0 Å². The number of anilines is 1. The number of carbonyl (C=O) groups is 1. The molecule has 0 bridgehead atoms. The van der Waals surface area contributed by atoms with E-state index in [0.29, 0.717) is 5.57 Å². The van der Waals surface area contributed by atoms with E-state index in [1.807, 2.05) is 38.1 Å². The van der Waals surface area contributed by atoms with Crippen molar-refractivity contribution in [2.24, 2.45) is 0 Å². The molecule has 0 saturated heterocycles. The molecule has 0 aliphatic carbocycles. The highest BCUT2D eigenvalue weighted by Gasteiger charge is 2.34. The van der Waals surface area contributed by atoms with Crippen LogP contribution in [0.1, 0.15) is 24.1 Å². The number of ether oxygens (including phenoxy) is 1. The van der Waals surface area contributed by atoms with Gasteiger partial charge in [0.1, 0.15) is 6.61 Å². The van der Waals surface area contributed by atoms with Crippen LogP contribution in [0, 0.1) is 6.92 Å². The van der Waals surface area contributed by atoms with Crippen LogP contribution in [0.4, 0.5) is 5.95 Å². The van der Waals surface area contributed by atoms with Crippen molar-refractivity contribution in [3.8, 4) is 0 Å². The number of benzene rings is 2. The number of carbonyl (C=O) groups excluding carboxylic acids is 1. The lowest BCUT2D eigenvalue weighted by atomic mass is 9.94. The molecule has 2 aromatic carbocycles. The highest BCUT2D eigenvalue weighted by molar-refractivity contribution is 5.94. The van der Waals surface area contributed by atoms with E-state index in [2.05, 4.69) is 40.7 Å². The lowest BCUT2D eigenvalue weighted by molar-refractivity contribution is -0.138. The SMILES string of the molecule is C=CCOC(=O)C1=C(C)Nc2nc3ccccc3n2[C@H]1c1ccc(C)cc1. The van der Waals surface area contributed by atoms with E-state index in [-0.39, 0.29) is 18.6 Å². The van der Waals surface area contributed by atoms with Crippen LogP contribution in [0.25, 0.3) is 11.0 Å². The summed E-state index contributed by atoms with van der Waals surface area (Å²) < 4.78 is 7.46. The molecule has 1 aromatic heterocycles. The summed E-state index contributed by atoms with van der Waals surface area (Å²) in [4.78, 5) is 17.6. The molecule has 3 aromatic rings. The number of hydrogen-bond acceptors (Lipinski definition) is 4. The summed E-state index contributed by atoms with van der Waals surface area (Å²) in [6, 6.07) is 15.8. The van der Waals surface area contributed by atoms with E-state index in [4.69, 9.17) is 9.72 Å². The topological polar surface area (TPSA) is 56.1 Å². The maximum atomic E-state index is 12.9. The summed E-state index contributed by atoms with van der Waals surface area (Å²) in [7, 11) is 0. The number of nitrogens with zero attached hydrogens (tertiary/aromatic N) is 2. The molecule has 0 spiro atoms. The number of rotatable bonds is 4. The molecule has 0 fully saturated rings. The van der Waals surface area contributed by atoms with Crippen LogP contribution in [0.2, 0.25) is 0 Å². The number of aryl methyl sites for hydroxylation is 1. The molecule has 5 nitrogen and oxygen atoms in total. The Morgan fingerprint density at radius 1 is 1.22 bits per heavy atom. The fraction of sp³-hybridized carbons (Fsp3) is 0.182. The number of hydrogen-bond donors (Lipinski definition) is 1. The van der Waals surface area contributed by atoms with Gasteiger partial charge in [0.15, 0.2) is 0 Å². The summed E-state index contributed by atoms with van der Waals surface area (Å²) in [5, 5.41) is 3.27. The molecule has 1 aliphatic rings. The van der Waals surface area contributed by atoms with E-state index in [1.54, 1.807) is 6.08 Å². The van der Waals surface area contributed by atoms with E-state index in [0.717, 1.165) is 28.2 Å². The quantitative estimate of drug-likeness (QED) is 0.555. The van der Waals surface area contributed by atoms with Crippen molar-refractivity contribution in [2.45, 2.75) is 19.9 Å². The van der Waals surface area contributed by atoms with Gasteiger partial charge >= 0.3 is 5.97 Å². The number of esters is 1. The number of aromatic nitrogens is 2. The van der Waals surface area contributed by atoms with Crippen LogP contribution >= 0.6 is 0 Å². The minimum Gasteiger partial charge on any atom is -0.458 e. The lowest BCUT2D eigenvalue weighted by Gasteiger charge is -2.30.